The third kappa shape index (κ3) is 4.80. The van der Waals surface area contributed by atoms with Crippen LogP contribution in [-0.2, 0) is 11.3 Å². The lowest BCUT2D eigenvalue weighted by atomic mass is 10.4. The highest BCUT2D eigenvalue weighted by molar-refractivity contribution is 8.26. The molecule has 0 aromatic carbocycles. The second-order valence-corrected chi connectivity index (χ2v) is 4.33. The molecule has 0 unspecified atom stereocenters. The number of nitrogens with zero attached hydrogens (tertiary/aromatic N) is 1. The van der Waals surface area contributed by atoms with Crippen LogP contribution >= 0.6 is 23.4 Å². The van der Waals surface area contributed by atoms with E-state index in [1.165, 1.54) is 6.20 Å². The van der Waals surface area contributed by atoms with Crippen molar-refractivity contribution in [1.29, 1.82) is 10.8 Å². The molecular weight excluding hydrogens is 234 g/mol. The summed E-state index contributed by atoms with van der Waals surface area (Å²) in [6.45, 7) is 1.82. The highest BCUT2D eigenvalue weighted by Crippen LogP contribution is 2.09. The molecule has 2 N–H and O–H groups in total. The van der Waals surface area contributed by atoms with E-state index in [0.717, 1.165) is 11.8 Å². The molecule has 0 saturated heterocycles. The molecular formula is C9H10ClN3OS. The molecule has 80 valence electrons. The molecule has 0 saturated carbocycles. The molecule has 1 heterocycles. The molecule has 0 fully saturated rings. The number of nitrogens with one attached hydrogen (secondary N) is 2. The van der Waals surface area contributed by atoms with Crippen molar-refractivity contribution < 1.29 is 4.74 Å². The number of rotatable bonds is 2. The second-order valence-electron chi connectivity index (χ2n) is 2.70. The minimum absolute atomic E-state index is 0.000694. The van der Waals surface area contributed by atoms with Crippen molar-refractivity contribution in [2.45, 2.75) is 13.5 Å². The van der Waals surface area contributed by atoms with E-state index in [1.807, 2.05) is 0 Å². The van der Waals surface area contributed by atoms with Crippen molar-refractivity contribution in [3.8, 4) is 0 Å². The first-order valence-corrected chi connectivity index (χ1v) is 5.32. The summed E-state index contributed by atoms with van der Waals surface area (Å²) >= 11 is 6.63. The van der Waals surface area contributed by atoms with Crippen LogP contribution in [0.4, 0.5) is 0 Å². The summed E-state index contributed by atoms with van der Waals surface area (Å²) in [5.74, 6) is 0. The number of halogens is 1. The summed E-state index contributed by atoms with van der Waals surface area (Å²) in [5, 5.41) is 15.4. The van der Waals surface area contributed by atoms with Gasteiger partial charge < -0.3 is 4.74 Å². The van der Waals surface area contributed by atoms with E-state index >= 15 is 0 Å². The molecule has 1 aromatic rings. The SMILES string of the molecule is CC(=N)SC(=N)OCc1ccc(Cl)cn1. The van der Waals surface area contributed by atoms with Crippen LogP contribution in [0, 0.1) is 10.8 Å². The Hall–Kier alpha value is -1.07. The highest BCUT2D eigenvalue weighted by atomic mass is 35.5. The first-order chi connectivity index (χ1) is 7.08. The fourth-order valence-electron chi connectivity index (χ4n) is 0.800. The van der Waals surface area contributed by atoms with Gasteiger partial charge in [-0.3, -0.25) is 15.8 Å². The lowest BCUT2D eigenvalue weighted by Gasteiger charge is -2.05. The molecule has 0 aliphatic carbocycles. The molecule has 0 aliphatic rings. The quantitative estimate of drug-likeness (QED) is 0.620. The van der Waals surface area contributed by atoms with Gasteiger partial charge in [0.2, 0.25) is 5.23 Å². The third-order valence-corrected chi connectivity index (χ3v) is 2.22. The van der Waals surface area contributed by atoms with Gasteiger partial charge in [-0.1, -0.05) is 11.6 Å². The van der Waals surface area contributed by atoms with Crippen LogP contribution in [0.2, 0.25) is 5.02 Å². The highest BCUT2D eigenvalue weighted by Gasteiger charge is 2.02. The van der Waals surface area contributed by atoms with Crippen LogP contribution < -0.4 is 0 Å². The van der Waals surface area contributed by atoms with E-state index in [-0.39, 0.29) is 11.8 Å². The number of ether oxygens (including phenoxy) is 1. The minimum Gasteiger partial charge on any atom is -0.466 e. The van der Waals surface area contributed by atoms with Crippen LogP contribution in [0.3, 0.4) is 0 Å². The Morgan fingerprint density at radius 3 is 2.80 bits per heavy atom. The number of thioether (sulfide) groups is 1. The van der Waals surface area contributed by atoms with E-state index in [0.29, 0.717) is 15.8 Å². The molecule has 0 amide bonds. The Bertz CT molecular complexity index is 366. The smallest absolute Gasteiger partial charge is 0.249 e. The zero-order chi connectivity index (χ0) is 11.3. The summed E-state index contributed by atoms with van der Waals surface area (Å²) in [6.07, 6.45) is 1.53. The van der Waals surface area contributed by atoms with Crippen molar-refractivity contribution in [3.63, 3.8) is 0 Å². The maximum Gasteiger partial charge on any atom is 0.249 e. The Balaban J connectivity index is 2.40. The van der Waals surface area contributed by atoms with Gasteiger partial charge in [-0.05, 0) is 30.8 Å². The maximum atomic E-state index is 7.36. The van der Waals surface area contributed by atoms with Crippen LogP contribution in [0.15, 0.2) is 18.3 Å². The van der Waals surface area contributed by atoms with Gasteiger partial charge in [-0.15, -0.1) is 0 Å². The Morgan fingerprint density at radius 1 is 1.53 bits per heavy atom. The predicted molar refractivity (Wildman–Crippen MR) is 62.8 cm³/mol. The lowest BCUT2D eigenvalue weighted by Crippen LogP contribution is -2.02. The molecule has 6 heteroatoms. The second kappa shape index (κ2) is 5.72. The standard InChI is InChI=1S/C9H10ClN3OS/c1-6(11)15-9(12)14-5-8-3-2-7(10)4-13-8/h2-4,11-12H,5H2,1H3. The number of pyridine rings is 1. The van der Waals surface area contributed by atoms with Gasteiger partial charge >= 0.3 is 0 Å². The fourth-order valence-corrected chi connectivity index (χ4v) is 1.31. The minimum atomic E-state index is -0.000694. The molecule has 4 nitrogen and oxygen atoms in total. The van der Waals surface area contributed by atoms with Crippen molar-refractivity contribution in [1.82, 2.24) is 4.98 Å². The van der Waals surface area contributed by atoms with E-state index in [4.69, 9.17) is 27.2 Å². The van der Waals surface area contributed by atoms with E-state index in [9.17, 15) is 0 Å². The number of aromatic nitrogens is 1. The molecule has 1 aromatic heterocycles. The van der Waals surface area contributed by atoms with Crippen LogP contribution in [-0.4, -0.2) is 15.3 Å². The zero-order valence-corrected chi connectivity index (χ0v) is 9.65. The van der Waals surface area contributed by atoms with Gasteiger partial charge in [0.25, 0.3) is 0 Å². The average Bonchev–Trinajstić information content (AvgIpc) is 2.16. The summed E-state index contributed by atoms with van der Waals surface area (Å²) < 4.78 is 5.08. The Kier molecular flexibility index (Phi) is 4.58. The molecule has 0 radical (unpaired) electrons. The van der Waals surface area contributed by atoms with Crippen molar-refractivity contribution in [2.24, 2.45) is 0 Å². The Labute approximate surface area is 97.0 Å². The van der Waals surface area contributed by atoms with Gasteiger partial charge in [0.15, 0.2) is 0 Å². The van der Waals surface area contributed by atoms with Crippen molar-refractivity contribution >= 4 is 33.6 Å². The summed E-state index contributed by atoms with van der Waals surface area (Å²) in [4.78, 5) is 4.01. The lowest BCUT2D eigenvalue weighted by molar-refractivity contribution is 0.295. The molecule has 0 atom stereocenters. The van der Waals surface area contributed by atoms with E-state index in [2.05, 4.69) is 4.98 Å². The maximum absolute atomic E-state index is 7.36. The molecule has 1 rings (SSSR count). The van der Waals surface area contributed by atoms with Gasteiger partial charge in [0.05, 0.1) is 15.8 Å². The number of hydrogen-bond acceptors (Lipinski definition) is 5. The van der Waals surface area contributed by atoms with E-state index in [1.54, 1.807) is 19.1 Å². The fraction of sp³-hybridized carbons (Fsp3) is 0.222. The average molecular weight is 244 g/mol. The summed E-state index contributed by atoms with van der Waals surface area (Å²) in [5.41, 5.74) is 0.701. The first-order valence-electron chi connectivity index (χ1n) is 4.12. The number of hydrogen-bond donors (Lipinski definition) is 2. The van der Waals surface area contributed by atoms with Gasteiger partial charge in [-0.25, -0.2) is 0 Å². The van der Waals surface area contributed by atoms with Gasteiger partial charge in [0.1, 0.15) is 6.61 Å². The summed E-state index contributed by atoms with van der Waals surface area (Å²) in [7, 11) is 0. The molecule has 0 aliphatic heterocycles. The monoisotopic (exact) mass is 243 g/mol. The predicted octanol–water partition coefficient (Wildman–Crippen LogP) is 2.92. The van der Waals surface area contributed by atoms with Crippen molar-refractivity contribution in [3.05, 3.63) is 29.0 Å². The van der Waals surface area contributed by atoms with Crippen LogP contribution in [0.5, 0.6) is 0 Å². The topological polar surface area (TPSA) is 69.8 Å². The Morgan fingerprint density at radius 2 is 2.27 bits per heavy atom. The van der Waals surface area contributed by atoms with Gasteiger partial charge in [0, 0.05) is 6.20 Å². The van der Waals surface area contributed by atoms with Gasteiger partial charge in [-0.2, -0.15) is 0 Å². The van der Waals surface area contributed by atoms with Crippen LogP contribution in [0.1, 0.15) is 12.6 Å². The molecule has 15 heavy (non-hydrogen) atoms. The normalized spacial score (nSPS) is 9.73. The van der Waals surface area contributed by atoms with Crippen LogP contribution in [0.25, 0.3) is 0 Å². The van der Waals surface area contributed by atoms with E-state index < -0.39 is 0 Å². The molecule has 0 spiro atoms. The zero-order valence-electron chi connectivity index (χ0n) is 8.08. The first kappa shape index (κ1) is 12.0. The van der Waals surface area contributed by atoms with Crippen molar-refractivity contribution in [2.75, 3.05) is 0 Å². The third-order valence-electron chi connectivity index (χ3n) is 1.39. The largest absolute Gasteiger partial charge is 0.466 e. The summed E-state index contributed by atoms with van der Waals surface area (Å²) in [6, 6.07) is 3.45. The molecule has 0 bridgehead atoms.